The van der Waals surface area contributed by atoms with Gasteiger partial charge in [-0.3, -0.25) is 14.4 Å². The molecule has 6 heteroatoms. The Morgan fingerprint density at radius 1 is 0.957 bits per heavy atom. The topological polar surface area (TPSA) is 89.3 Å². The molecule has 0 aliphatic rings. The molecular formula is C17H15ClN2O3. The average Bonchev–Trinajstić information content (AvgIpc) is 2.53. The van der Waals surface area contributed by atoms with E-state index in [0.717, 1.165) is 0 Å². The molecule has 0 unspecified atom stereocenters. The Morgan fingerprint density at radius 3 is 2.26 bits per heavy atom. The summed E-state index contributed by atoms with van der Waals surface area (Å²) in [6.45, 7) is 0. The van der Waals surface area contributed by atoms with Crippen molar-refractivity contribution in [2.24, 2.45) is 5.73 Å². The molecule has 0 radical (unpaired) electrons. The molecule has 0 aliphatic heterocycles. The minimum absolute atomic E-state index is 0.00849. The van der Waals surface area contributed by atoms with Gasteiger partial charge in [0.1, 0.15) is 0 Å². The van der Waals surface area contributed by atoms with Crippen LogP contribution in [0.1, 0.15) is 33.6 Å². The zero-order chi connectivity index (χ0) is 16.8. The molecule has 23 heavy (non-hydrogen) atoms. The van der Waals surface area contributed by atoms with E-state index in [0.29, 0.717) is 16.3 Å². The summed E-state index contributed by atoms with van der Waals surface area (Å²) >= 11 is 5.76. The van der Waals surface area contributed by atoms with Crippen molar-refractivity contribution >= 4 is 34.9 Å². The largest absolute Gasteiger partial charge is 0.366 e. The van der Waals surface area contributed by atoms with E-state index in [1.54, 1.807) is 42.5 Å². The van der Waals surface area contributed by atoms with E-state index in [4.69, 9.17) is 17.3 Å². The first-order chi connectivity index (χ1) is 11.0. The number of para-hydroxylation sites is 1. The summed E-state index contributed by atoms with van der Waals surface area (Å²) in [6.07, 6.45) is 0.0702. The SMILES string of the molecule is NC(=O)c1ccccc1NC(=O)CCC(=O)c1ccc(Cl)cc1. The lowest BCUT2D eigenvalue weighted by molar-refractivity contribution is -0.116. The van der Waals surface area contributed by atoms with Crippen LogP contribution in [0.15, 0.2) is 48.5 Å². The number of primary amides is 1. The van der Waals surface area contributed by atoms with Crippen molar-refractivity contribution in [3.8, 4) is 0 Å². The number of halogens is 1. The fraction of sp³-hybridized carbons (Fsp3) is 0.118. The van der Waals surface area contributed by atoms with Crippen LogP contribution in [0.5, 0.6) is 0 Å². The number of hydrogen-bond donors (Lipinski definition) is 2. The minimum atomic E-state index is -0.627. The molecule has 2 amide bonds. The van der Waals surface area contributed by atoms with Gasteiger partial charge in [0.2, 0.25) is 5.91 Å². The van der Waals surface area contributed by atoms with Gasteiger partial charge in [0, 0.05) is 23.4 Å². The van der Waals surface area contributed by atoms with E-state index < -0.39 is 5.91 Å². The molecule has 0 saturated heterocycles. The van der Waals surface area contributed by atoms with Crippen LogP contribution < -0.4 is 11.1 Å². The molecule has 118 valence electrons. The number of carbonyl (C=O) groups excluding carboxylic acids is 3. The first kappa shape index (κ1) is 16.7. The van der Waals surface area contributed by atoms with Crippen LogP contribution in [0, 0.1) is 0 Å². The average molecular weight is 331 g/mol. The van der Waals surface area contributed by atoms with Crippen LogP contribution >= 0.6 is 11.6 Å². The third-order valence-electron chi connectivity index (χ3n) is 3.21. The van der Waals surface area contributed by atoms with Gasteiger partial charge in [0.15, 0.2) is 5.78 Å². The smallest absolute Gasteiger partial charge is 0.250 e. The maximum absolute atomic E-state index is 12.0. The summed E-state index contributed by atoms with van der Waals surface area (Å²) in [7, 11) is 0. The molecule has 2 aromatic rings. The van der Waals surface area contributed by atoms with Crippen LogP contribution in [0.25, 0.3) is 0 Å². The number of hydrogen-bond acceptors (Lipinski definition) is 3. The van der Waals surface area contributed by atoms with E-state index in [9.17, 15) is 14.4 Å². The predicted molar refractivity (Wildman–Crippen MR) is 88.6 cm³/mol. The Morgan fingerprint density at radius 2 is 1.61 bits per heavy atom. The third kappa shape index (κ3) is 4.66. The molecule has 0 bridgehead atoms. The number of carbonyl (C=O) groups is 3. The van der Waals surface area contributed by atoms with Crippen molar-refractivity contribution < 1.29 is 14.4 Å². The fourth-order valence-electron chi connectivity index (χ4n) is 2.03. The molecule has 0 aromatic heterocycles. The summed E-state index contributed by atoms with van der Waals surface area (Å²) < 4.78 is 0. The number of nitrogens with one attached hydrogen (secondary N) is 1. The number of benzene rings is 2. The van der Waals surface area contributed by atoms with Gasteiger partial charge in [0.05, 0.1) is 11.3 Å². The highest BCUT2D eigenvalue weighted by atomic mass is 35.5. The molecule has 0 saturated carbocycles. The lowest BCUT2D eigenvalue weighted by atomic mass is 10.1. The van der Waals surface area contributed by atoms with Crippen molar-refractivity contribution in [3.05, 3.63) is 64.7 Å². The Labute approximate surface area is 138 Å². The number of rotatable bonds is 6. The summed E-state index contributed by atoms with van der Waals surface area (Å²) in [6, 6.07) is 12.9. The molecule has 0 heterocycles. The second kappa shape index (κ2) is 7.56. The first-order valence-corrected chi connectivity index (χ1v) is 7.32. The molecular weight excluding hydrogens is 316 g/mol. The Kier molecular flexibility index (Phi) is 5.49. The number of ketones is 1. The van der Waals surface area contributed by atoms with E-state index in [2.05, 4.69) is 5.32 Å². The van der Waals surface area contributed by atoms with Gasteiger partial charge in [-0.15, -0.1) is 0 Å². The molecule has 2 aromatic carbocycles. The third-order valence-corrected chi connectivity index (χ3v) is 3.46. The molecule has 5 nitrogen and oxygen atoms in total. The zero-order valence-corrected chi connectivity index (χ0v) is 13.0. The van der Waals surface area contributed by atoms with Crippen molar-refractivity contribution in [1.29, 1.82) is 0 Å². The number of Topliss-reactive ketones (excluding diaryl/α,β-unsaturated/α-hetero) is 1. The van der Waals surface area contributed by atoms with Gasteiger partial charge in [0.25, 0.3) is 5.91 Å². The second-order valence-corrected chi connectivity index (χ2v) is 5.32. The Balaban J connectivity index is 1.94. The second-order valence-electron chi connectivity index (χ2n) is 4.89. The standard InChI is InChI=1S/C17H15ClN2O3/c18-12-7-5-11(6-8-12)15(21)9-10-16(22)20-14-4-2-1-3-13(14)17(19)23/h1-8H,9-10H2,(H2,19,23)(H,20,22). The minimum Gasteiger partial charge on any atom is -0.366 e. The van der Waals surface area contributed by atoms with Crippen LogP contribution in [0.4, 0.5) is 5.69 Å². The monoisotopic (exact) mass is 330 g/mol. The van der Waals surface area contributed by atoms with Crippen molar-refractivity contribution in [2.45, 2.75) is 12.8 Å². The first-order valence-electron chi connectivity index (χ1n) is 6.95. The normalized spacial score (nSPS) is 10.1. The fourth-order valence-corrected chi connectivity index (χ4v) is 2.15. The summed E-state index contributed by atoms with van der Waals surface area (Å²) in [4.78, 5) is 35.2. The zero-order valence-electron chi connectivity index (χ0n) is 12.2. The Bertz CT molecular complexity index is 742. The quantitative estimate of drug-likeness (QED) is 0.798. The van der Waals surface area contributed by atoms with Crippen molar-refractivity contribution in [2.75, 3.05) is 5.32 Å². The summed E-state index contributed by atoms with van der Waals surface area (Å²) in [5.74, 6) is -1.14. The number of amides is 2. The van der Waals surface area contributed by atoms with E-state index >= 15 is 0 Å². The molecule has 2 rings (SSSR count). The van der Waals surface area contributed by atoms with Gasteiger partial charge in [-0.1, -0.05) is 23.7 Å². The van der Waals surface area contributed by atoms with Gasteiger partial charge in [-0.2, -0.15) is 0 Å². The van der Waals surface area contributed by atoms with Crippen molar-refractivity contribution in [3.63, 3.8) is 0 Å². The Hall–Kier alpha value is -2.66. The lowest BCUT2D eigenvalue weighted by Gasteiger charge is -2.08. The molecule has 0 fully saturated rings. The predicted octanol–water partition coefficient (Wildman–Crippen LogP) is 3.04. The van der Waals surface area contributed by atoms with E-state index in [-0.39, 0.29) is 30.1 Å². The summed E-state index contributed by atoms with van der Waals surface area (Å²) in [5, 5.41) is 3.14. The summed E-state index contributed by atoms with van der Waals surface area (Å²) in [5.41, 5.74) is 6.31. The van der Waals surface area contributed by atoms with Gasteiger partial charge < -0.3 is 11.1 Å². The van der Waals surface area contributed by atoms with Crippen LogP contribution in [0.3, 0.4) is 0 Å². The number of anilines is 1. The molecule has 0 aliphatic carbocycles. The maximum Gasteiger partial charge on any atom is 0.250 e. The highest BCUT2D eigenvalue weighted by Gasteiger charge is 2.12. The maximum atomic E-state index is 12.0. The molecule has 0 spiro atoms. The van der Waals surface area contributed by atoms with Crippen LogP contribution in [-0.4, -0.2) is 17.6 Å². The van der Waals surface area contributed by atoms with Gasteiger partial charge in [-0.25, -0.2) is 0 Å². The van der Waals surface area contributed by atoms with Crippen LogP contribution in [-0.2, 0) is 4.79 Å². The lowest BCUT2D eigenvalue weighted by Crippen LogP contribution is -2.18. The molecule has 0 atom stereocenters. The highest BCUT2D eigenvalue weighted by molar-refractivity contribution is 6.30. The van der Waals surface area contributed by atoms with Crippen molar-refractivity contribution in [1.82, 2.24) is 0 Å². The van der Waals surface area contributed by atoms with E-state index in [1.165, 1.54) is 6.07 Å². The van der Waals surface area contributed by atoms with Gasteiger partial charge >= 0.3 is 0 Å². The van der Waals surface area contributed by atoms with E-state index in [1.807, 2.05) is 0 Å². The van der Waals surface area contributed by atoms with Crippen LogP contribution in [0.2, 0.25) is 5.02 Å². The van der Waals surface area contributed by atoms with Gasteiger partial charge in [-0.05, 0) is 36.4 Å². The highest BCUT2D eigenvalue weighted by Crippen LogP contribution is 2.16. The molecule has 3 N–H and O–H groups in total. The number of nitrogens with two attached hydrogens (primary N) is 1.